The number of carbonyl (C=O) groups is 4. The van der Waals surface area contributed by atoms with Crippen LogP contribution in [0.2, 0.25) is 0 Å². The predicted molar refractivity (Wildman–Crippen MR) is 158 cm³/mol. The monoisotopic (exact) mass is 574 g/mol. The molecule has 0 saturated heterocycles. The van der Waals surface area contributed by atoms with Crippen LogP contribution >= 0.6 is 0 Å². The third-order valence-corrected chi connectivity index (χ3v) is 6.42. The van der Waals surface area contributed by atoms with E-state index in [1.54, 1.807) is 43.3 Å². The van der Waals surface area contributed by atoms with E-state index in [0.717, 1.165) is 44.9 Å². The fraction of sp³-hybridized carbons (Fsp3) is 0.353. The van der Waals surface area contributed by atoms with E-state index in [9.17, 15) is 19.2 Å². The van der Waals surface area contributed by atoms with Crippen molar-refractivity contribution in [1.82, 2.24) is 0 Å². The molecule has 0 saturated carbocycles. The number of carbonyl (C=O) groups excluding carboxylic acids is 4. The summed E-state index contributed by atoms with van der Waals surface area (Å²) < 4.78 is 21.6. The quantitative estimate of drug-likeness (QED) is 0.103. The van der Waals surface area contributed by atoms with E-state index in [-0.39, 0.29) is 17.7 Å². The van der Waals surface area contributed by atoms with E-state index in [1.807, 2.05) is 0 Å². The minimum absolute atomic E-state index is 0.282. The summed E-state index contributed by atoms with van der Waals surface area (Å²) in [5, 5.41) is 0. The first-order chi connectivity index (χ1) is 20.3. The maximum absolute atomic E-state index is 12.7. The highest BCUT2D eigenvalue weighted by Gasteiger charge is 2.15. The summed E-state index contributed by atoms with van der Waals surface area (Å²) >= 11 is 0. The average Bonchev–Trinajstić information content (AvgIpc) is 2.97. The van der Waals surface area contributed by atoms with Gasteiger partial charge in [-0.1, -0.05) is 46.0 Å². The topological polar surface area (TPSA) is 105 Å². The van der Waals surface area contributed by atoms with E-state index >= 15 is 0 Å². The molecule has 42 heavy (non-hydrogen) atoms. The van der Waals surface area contributed by atoms with Gasteiger partial charge in [0.1, 0.15) is 23.0 Å². The molecule has 3 rings (SSSR count). The zero-order valence-corrected chi connectivity index (χ0v) is 24.5. The Kier molecular flexibility index (Phi) is 12.8. The van der Waals surface area contributed by atoms with Crippen molar-refractivity contribution in [2.75, 3.05) is 0 Å². The Hall–Kier alpha value is -4.46. The van der Waals surface area contributed by atoms with Crippen LogP contribution in [0.25, 0.3) is 0 Å². The first-order valence-electron chi connectivity index (χ1n) is 14.5. The lowest BCUT2D eigenvalue weighted by molar-refractivity contribution is -0.135. The minimum atomic E-state index is -0.582. The van der Waals surface area contributed by atoms with Gasteiger partial charge >= 0.3 is 23.9 Å². The number of ether oxygens (including phenoxy) is 4. The Balaban J connectivity index is 1.50. The van der Waals surface area contributed by atoms with Crippen molar-refractivity contribution in [2.24, 2.45) is 0 Å². The summed E-state index contributed by atoms with van der Waals surface area (Å²) in [4.78, 5) is 49.1. The first kappa shape index (κ1) is 32.1. The van der Waals surface area contributed by atoms with Crippen molar-refractivity contribution < 1.29 is 38.1 Å². The highest BCUT2D eigenvalue weighted by molar-refractivity contribution is 5.92. The molecule has 0 aliphatic rings. The molecule has 0 radical (unpaired) electrons. The van der Waals surface area contributed by atoms with Gasteiger partial charge in [0, 0.05) is 12.8 Å². The van der Waals surface area contributed by atoms with E-state index < -0.39 is 11.9 Å². The summed E-state index contributed by atoms with van der Waals surface area (Å²) in [6.45, 7) is 5.90. The predicted octanol–water partition coefficient (Wildman–Crippen LogP) is 7.79. The lowest BCUT2D eigenvalue weighted by atomic mass is 10.1. The largest absolute Gasteiger partial charge is 0.427 e. The van der Waals surface area contributed by atoms with Crippen molar-refractivity contribution in [3.63, 3.8) is 0 Å². The molecule has 0 atom stereocenters. The molecule has 222 valence electrons. The van der Waals surface area contributed by atoms with Gasteiger partial charge in [0.15, 0.2) is 0 Å². The van der Waals surface area contributed by atoms with E-state index in [4.69, 9.17) is 18.9 Å². The summed E-state index contributed by atoms with van der Waals surface area (Å²) in [7, 11) is 0. The molecule has 3 aromatic rings. The highest BCUT2D eigenvalue weighted by Crippen LogP contribution is 2.26. The van der Waals surface area contributed by atoms with Crippen LogP contribution in [0.1, 0.15) is 97.9 Å². The Bertz CT molecular complexity index is 1340. The summed E-state index contributed by atoms with van der Waals surface area (Å²) in [5.41, 5.74) is 1.18. The Morgan fingerprint density at radius 2 is 0.976 bits per heavy atom. The number of hydrogen-bond acceptors (Lipinski definition) is 8. The molecule has 0 N–H and O–H groups in total. The molecule has 0 heterocycles. The summed E-state index contributed by atoms with van der Waals surface area (Å²) in [6.07, 6.45) is 7.45. The molecule has 0 aliphatic heterocycles. The molecule has 0 bridgehead atoms. The molecule has 0 fully saturated rings. The maximum Gasteiger partial charge on any atom is 0.343 e. The fourth-order valence-corrected chi connectivity index (χ4v) is 4.02. The highest BCUT2D eigenvalue weighted by atomic mass is 16.5. The van der Waals surface area contributed by atoms with Gasteiger partial charge in [-0.05, 0) is 92.1 Å². The second kappa shape index (κ2) is 16.7. The van der Waals surface area contributed by atoms with Crippen LogP contribution in [0.15, 0.2) is 66.7 Å². The van der Waals surface area contributed by atoms with Gasteiger partial charge in [-0.25, -0.2) is 9.59 Å². The number of esters is 4. The number of benzene rings is 3. The van der Waals surface area contributed by atoms with Gasteiger partial charge in [-0.15, -0.1) is 0 Å². The van der Waals surface area contributed by atoms with Crippen LogP contribution < -0.4 is 18.9 Å². The number of rotatable bonds is 15. The molecular weight excluding hydrogens is 536 g/mol. The normalized spacial score (nSPS) is 10.5. The number of unbranched alkanes of at least 4 members (excludes halogenated alkanes) is 5. The van der Waals surface area contributed by atoms with Crippen molar-refractivity contribution in [1.29, 1.82) is 0 Å². The van der Waals surface area contributed by atoms with E-state index in [1.165, 1.54) is 30.3 Å². The zero-order chi connectivity index (χ0) is 30.3. The summed E-state index contributed by atoms with van der Waals surface area (Å²) in [6, 6.07) is 17.0. The molecule has 0 spiro atoms. The Morgan fingerprint density at radius 3 is 1.48 bits per heavy atom. The van der Waals surface area contributed by atoms with Gasteiger partial charge in [-0.2, -0.15) is 0 Å². The molecule has 0 amide bonds. The van der Waals surface area contributed by atoms with Crippen LogP contribution in [0.3, 0.4) is 0 Å². The van der Waals surface area contributed by atoms with Crippen molar-refractivity contribution in [3.8, 4) is 23.0 Å². The molecule has 8 heteroatoms. The second-order valence-corrected chi connectivity index (χ2v) is 9.97. The smallest absolute Gasteiger partial charge is 0.343 e. The molecule has 0 aliphatic carbocycles. The van der Waals surface area contributed by atoms with Crippen molar-refractivity contribution in [3.05, 3.63) is 83.4 Å². The SMILES string of the molecule is CCCCCCC(=O)Oc1ccc(C(=O)Oc2ccc(OC(=O)c3ccc(OC(=O)CCCCC)cc3)cc2C)cc1. The van der Waals surface area contributed by atoms with Crippen LogP contribution in [0.4, 0.5) is 0 Å². The van der Waals surface area contributed by atoms with Gasteiger partial charge in [0.25, 0.3) is 0 Å². The Labute approximate surface area is 246 Å². The molecular formula is C34H38O8. The number of aryl methyl sites for hydroxylation is 1. The molecule has 0 unspecified atom stereocenters. The van der Waals surface area contributed by atoms with Gasteiger partial charge in [0.05, 0.1) is 11.1 Å². The molecule has 8 nitrogen and oxygen atoms in total. The van der Waals surface area contributed by atoms with Gasteiger partial charge in [0.2, 0.25) is 0 Å². The van der Waals surface area contributed by atoms with E-state index in [0.29, 0.717) is 46.8 Å². The molecule has 3 aromatic carbocycles. The average molecular weight is 575 g/mol. The van der Waals surface area contributed by atoms with E-state index in [2.05, 4.69) is 13.8 Å². The second-order valence-electron chi connectivity index (χ2n) is 9.97. The van der Waals surface area contributed by atoms with Gasteiger partial charge in [-0.3, -0.25) is 9.59 Å². The Morgan fingerprint density at radius 1 is 0.524 bits per heavy atom. The van der Waals surface area contributed by atoms with Crippen LogP contribution in [0, 0.1) is 6.92 Å². The molecule has 0 aromatic heterocycles. The van der Waals surface area contributed by atoms with Crippen molar-refractivity contribution >= 4 is 23.9 Å². The zero-order valence-electron chi connectivity index (χ0n) is 24.5. The fourth-order valence-electron chi connectivity index (χ4n) is 4.02. The standard InChI is InChI=1S/C34H38O8/c1-4-6-8-10-12-32(36)40-28-19-15-26(16-20-28)34(38)42-30-22-21-29(23-24(30)3)41-33(37)25-13-17-27(18-14-25)39-31(35)11-9-7-5-2/h13-23H,4-12H2,1-3H3. The van der Waals surface area contributed by atoms with Crippen LogP contribution in [-0.2, 0) is 9.59 Å². The maximum atomic E-state index is 12.7. The lowest BCUT2D eigenvalue weighted by Gasteiger charge is -2.11. The van der Waals surface area contributed by atoms with Gasteiger partial charge < -0.3 is 18.9 Å². The minimum Gasteiger partial charge on any atom is -0.427 e. The lowest BCUT2D eigenvalue weighted by Crippen LogP contribution is -2.11. The summed E-state index contributed by atoms with van der Waals surface area (Å²) in [5.74, 6) is -0.434. The third kappa shape index (κ3) is 10.5. The first-order valence-corrected chi connectivity index (χ1v) is 14.5. The van der Waals surface area contributed by atoms with Crippen molar-refractivity contribution in [2.45, 2.75) is 78.6 Å². The van der Waals surface area contributed by atoms with Crippen LogP contribution in [0.5, 0.6) is 23.0 Å². The number of hydrogen-bond donors (Lipinski definition) is 0. The third-order valence-electron chi connectivity index (χ3n) is 6.42. The van der Waals surface area contributed by atoms with Crippen LogP contribution in [-0.4, -0.2) is 23.9 Å².